The number of benzene rings is 2. The molecule has 6 nitrogen and oxygen atoms in total. The van der Waals surface area contributed by atoms with Crippen LogP contribution in [-0.2, 0) is 0 Å². The van der Waals surface area contributed by atoms with Crippen LogP contribution in [0.1, 0.15) is 52.8 Å². The summed E-state index contributed by atoms with van der Waals surface area (Å²) in [6.07, 6.45) is 4.97. The molecule has 0 saturated heterocycles. The van der Waals surface area contributed by atoms with Gasteiger partial charge in [0, 0.05) is 16.2 Å². The molecule has 2 aliphatic rings. The summed E-state index contributed by atoms with van der Waals surface area (Å²) in [5.41, 5.74) is 1.87. The number of hydrogen-bond acceptors (Lipinski definition) is 3. The van der Waals surface area contributed by atoms with E-state index in [4.69, 9.17) is 0 Å². The first-order valence-electron chi connectivity index (χ1n) is 9.39. The van der Waals surface area contributed by atoms with E-state index in [0.29, 0.717) is 22.5 Å². The molecule has 1 heterocycles. The number of imide groups is 1. The number of nitrogens with zero attached hydrogens (tertiary/aromatic N) is 1. The highest BCUT2D eigenvalue weighted by atomic mass is 79.9. The second-order valence-corrected chi connectivity index (χ2v) is 7.95. The number of urea groups is 1. The van der Waals surface area contributed by atoms with E-state index < -0.39 is 6.03 Å². The van der Waals surface area contributed by atoms with Crippen molar-refractivity contribution in [1.29, 1.82) is 0 Å². The topological polar surface area (TPSA) is 78.5 Å². The molecule has 2 aromatic rings. The van der Waals surface area contributed by atoms with Crippen LogP contribution in [-0.4, -0.2) is 28.8 Å². The highest BCUT2D eigenvalue weighted by Crippen LogP contribution is 2.32. The fourth-order valence-corrected chi connectivity index (χ4v) is 4.24. The van der Waals surface area contributed by atoms with E-state index in [1.54, 1.807) is 24.3 Å². The molecule has 1 aliphatic carbocycles. The van der Waals surface area contributed by atoms with E-state index >= 15 is 0 Å². The first-order chi connectivity index (χ1) is 13.5. The maximum absolute atomic E-state index is 12.9. The average molecular weight is 442 g/mol. The van der Waals surface area contributed by atoms with E-state index in [9.17, 15) is 14.4 Å². The molecule has 0 unspecified atom stereocenters. The Morgan fingerprint density at radius 3 is 2.39 bits per heavy atom. The Bertz CT molecular complexity index is 954. The molecule has 0 aromatic heterocycles. The maximum Gasteiger partial charge on any atom is 0.323 e. The third-order valence-electron chi connectivity index (χ3n) is 5.24. The smallest absolute Gasteiger partial charge is 0.308 e. The van der Waals surface area contributed by atoms with Gasteiger partial charge in [-0.3, -0.25) is 14.5 Å². The molecule has 0 atom stereocenters. The van der Waals surface area contributed by atoms with Crippen molar-refractivity contribution in [1.82, 2.24) is 4.90 Å². The number of anilines is 2. The Balaban J connectivity index is 1.50. The molecule has 2 aromatic carbocycles. The van der Waals surface area contributed by atoms with Gasteiger partial charge in [0.15, 0.2) is 0 Å². The molecule has 1 aliphatic heterocycles. The van der Waals surface area contributed by atoms with E-state index in [2.05, 4.69) is 26.6 Å². The number of para-hydroxylation sites is 1. The third kappa shape index (κ3) is 3.54. The van der Waals surface area contributed by atoms with Crippen molar-refractivity contribution in [3.8, 4) is 0 Å². The molecule has 4 rings (SSSR count). The monoisotopic (exact) mass is 441 g/mol. The van der Waals surface area contributed by atoms with Crippen molar-refractivity contribution in [3.05, 3.63) is 58.1 Å². The highest BCUT2D eigenvalue weighted by molar-refractivity contribution is 9.10. The van der Waals surface area contributed by atoms with Crippen molar-refractivity contribution in [3.63, 3.8) is 0 Å². The number of rotatable bonds is 3. The largest absolute Gasteiger partial charge is 0.323 e. The van der Waals surface area contributed by atoms with Crippen molar-refractivity contribution in [2.24, 2.45) is 0 Å². The minimum atomic E-state index is -0.423. The van der Waals surface area contributed by atoms with Gasteiger partial charge < -0.3 is 10.6 Å². The average Bonchev–Trinajstić information content (AvgIpc) is 2.94. The second kappa shape index (κ2) is 7.75. The van der Waals surface area contributed by atoms with Gasteiger partial charge in [-0.25, -0.2) is 4.79 Å². The Hall–Kier alpha value is -2.67. The summed E-state index contributed by atoms with van der Waals surface area (Å²) in [5.74, 6) is -0.488. The lowest BCUT2D eigenvalue weighted by Crippen LogP contribution is -2.40. The van der Waals surface area contributed by atoms with Crippen LogP contribution in [0.25, 0.3) is 0 Å². The first kappa shape index (κ1) is 18.7. The number of nitrogens with one attached hydrogen (secondary N) is 2. The van der Waals surface area contributed by atoms with Gasteiger partial charge in [-0.1, -0.05) is 31.4 Å². The molecular weight excluding hydrogens is 422 g/mol. The number of fused-ring (bicyclic) bond motifs is 1. The number of halogens is 1. The van der Waals surface area contributed by atoms with Crippen LogP contribution < -0.4 is 10.6 Å². The Morgan fingerprint density at radius 2 is 1.64 bits per heavy atom. The molecule has 0 spiro atoms. The van der Waals surface area contributed by atoms with E-state index in [-0.39, 0.29) is 17.9 Å². The molecular formula is C21H20BrN3O3. The molecule has 2 N–H and O–H groups in total. The van der Waals surface area contributed by atoms with Crippen LogP contribution in [0.3, 0.4) is 0 Å². The predicted octanol–water partition coefficient (Wildman–Crippen LogP) is 5.02. The predicted molar refractivity (Wildman–Crippen MR) is 111 cm³/mol. The van der Waals surface area contributed by atoms with Gasteiger partial charge in [0.05, 0.1) is 16.8 Å². The van der Waals surface area contributed by atoms with Gasteiger partial charge in [0.2, 0.25) is 0 Å². The minimum absolute atomic E-state index is 0.0173. The fourth-order valence-electron chi connectivity index (χ4n) is 3.86. The van der Waals surface area contributed by atoms with Crippen molar-refractivity contribution in [2.45, 2.75) is 38.1 Å². The zero-order chi connectivity index (χ0) is 19.7. The molecule has 4 amide bonds. The Kier molecular flexibility index (Phi) is 5.17. The zero-order valence-corrected chi connectivity index (χ0v) is 16.8. The molecule has 28 heavy (non-hydrogen) atoms. The van der Waals surface area contributed by atoms with Crippen LogP contribution in [0, 0.1) is 0 Å². The van der Waals surface area contributed by atoms with E-state index in [1.165, 1.54) is 4.90 Å². The third-order valence-corrected chi connectivity index (χ3v) is 5.93. The second-order valence-electron chi connectivity index (χ2n) is 7.09. The van der Waals surface area contributed by atoms with E-state index in [1.807, 2.05) is 18.2 Å². The SMILES string of the molecule is O=C(Nc1ccc2c(c1)C(=O)N(C1CCCCC1)C2=O)Nc1ccccc1Br. The summed E-state index contributed by atoms with van der Waals surface area (Å²) in [7, 11) is 0. The summed E-state index contributed by atoms with van der Waals surface area (Å²) in [5, 5.41) is 5.47. The van der Waals surface area contributed by atoms with Crippen LogP contribution in [0.4, 0.5) is 16.2 Å². The van der Waals surface area contributed by atoms with Gasteiger partial charge in [0.1, 0.15) is 0 Å². The normalized spacial score (nSPS) is 16.8. The quantitative estimate of drug-likeness (QED) is 0.656. The number of hydrogen-bond donors (Lipinski definition) is 2. The molecule has 144 valence electrons. The van der Waals surface area contributed by atoms with Crippen LogP contribution >= 0.6 is 15.9 Å². The van der Waals surface area contributed by atoms with Crippen molar-refractivity contribution in [2.75, 3.05) is 10.6 Å². The van der Waals surface area contributed by atoms with Gasteiger partial charge in [0.25, 0.3) is 11.8 Å². The van der Waals surface area contributed by atoms with Gasteiger partial charge in [-0.15, -0.1) is 0 Å². The molecule has 1 fully saturated rings. The van der Waals surface area contributed by atoms with Crippen LogP contribution in [0.15, 0.2) is 46.9 Å². The summed E-state index contributed by atoms with van der Waals surface area (Å²) in [6, 6.07) is 11.7. The standard InChI is InChI=1S/C21H20BrN3O3/c22-17-8-4-5-9-18(17)24-21(28)23-13-10-11-15-16(12-13)20(27)25(19(15)26)14-6-2-1-3-7-14/h4-5,8-12,14H,1-3,6-7H2,(H2,23,24,28). The number of amides is 4. The Morgan fingerprint density at radius 1 is 0.929 bits per heavy atom. The molecule has 0 radical (unpaired) electrons. The summed E-state index contributed by atoms with van der Waals surface area (Å²) >= 11 is 3.38. The molecule has 7 heteroatoms. The van der Waals surface area contributed by atoms with Gasteiger partial charge >= 0.3 is 6.03 Å². The number of carbonyl (C=O) groups is 3. The lowest BCUT2D eigenvalue weighted by atomic mass is 9.94. The summed E-state index contributed by atoms with van der Waals surface area (Å²) in [4.78, 5) is 39.3. The van der Waals surface area contributed by atoms with E-state index in [0.717, 1.165) is 36.6 Å². The van der Waals surface area contributed by atoms with Gasteiger partial charge in [-0.05, 0) is 59.1 Å². The molecule has 1 saturated carbocycles. The van der Waals surface area contributed by atoms with Crippen molar-refractivity contribution >= 4 is 45.2 Å². The maximum atomic E-state index is 12.9. The summed E-state index contributed by atoms with van der Waals surface area (Å²) in [6.45, 7) is 0. The minimum Gasteiger partial charge on any atom is -0.308 e. The summed E-state index contributed by atoms with van der Waals surface area (Å²) < 4.78 is 0.767. The Labute approximate surface area is 171 Å². The zero-order valence-electron chi connectivity index (χ0n) is 15.2. The first-order valence-corrected chi connectivity index (χ1v) is 10.2. The van der Waals surface area contributed by atoms with Crippen molar-refractivity contribution < 1.29 is 14.4 Å². The number of carbonyl (C=O) groups excluding carboxylic acids is 3. The highest BCUT2D eigenvalue weighted by Gasteiger charge is 2.40. The van der Waals surface area contributed by atoms with Crippen LogP contribution in [0.2, 0.25) is 0 Å². The lowest BCUT2D eigenvalue weighted by molar-refractivity contribution is 0.0549. The fraction of sp³-hybridized carbons (Fsp3) is 0.286. The van der Waals surface area contributed by atoms with Crippen LogP contribution in [0.5, 0.6) is 0 Å². The molecule has 0 bridgehead atoms. The van der Waals surface area contributed by atoms with Gasteiger partial charge in [-0.2, -0.15) is 0 Å². The lowest BCUT2D eigenvalue weighted by Gasteiger charge is -2.29.